The first-order valence-electron chi connectivity index (χ1n) is 10.6. The summed E-state index contributed by atoms with van der Waals surface area (Å²) in [4.78, 5) is 12.9. The monoisotopic (exact) mass is 445 g/mol. The van der Waals surface area contributed by atoms with Gasteiger partial charge in [-0.2, -0.15) is 5.10 Å². The fourth-order valence-electron chi connectivity index (χ4n) is 4.79. The molecule has 9 nitrogen and oxygen atoms in total. The third-order valence-electron chi connectivity index (χ3n) is 6.49. The molecule has 5 rings (SSSR count). The maximum Gasteiger partial charge on any atom is 0.354 e. The van der Waals surface area contributed by atoms with Gasteiger partial charge in [0.2, 0.25) is 5.88 Å². The van der Waals surface area contributed by atoms with E-state index in [0.717, 1.165) is 44.2 Å². The van der Waals surface area contributed by atoms with Gasteiger partial charge in [-0.15, -0.1) is 4.36 Å². The summed E-state index contributed by atoms with van der Waals surface area (Å²) in [5.41, 5.74) is 5.25. The van der Waals surface area contributed by atoms with Crippen molar-refractivity contribution in [2.24, 2.45) is 9.50 Å². The number of benzene rings is 1. The van der Waals surface area contributed by atoms with E-state index in [-0.39, 0.29) is 17.4 Å². The Balaban J connectivity index is 1.45. The molecule has 1 aromatic heterocycles. The van der Waals surface area contributed by atoms with E-state index in [1.54, 1.807) is 11.8 Å². The highest BCUT2D eigenvalue weighted by atomic mass is 32.2. The van der Waals surface area contributed by atoms with Gasteiger partial charge >= 0.3 is 6.03 Å². The molecule has 2 amide bonds. The van der Waals surface area contributed by atoms with Crippen molar-refractivity contribution in [1.82, 2.24) is 9.78 Å². The lowest BCUT2D eigenvalue weighted by molar-refractivity contribution is -0.0654. The van der Waals surface area contributed by atoms with Crippen LogP contribution in [0.25, 0.3) is 0 Å². The number of hydrogen-bond donors (Lipinski definition) is 2. The molecule has 1 aromatic carbocycles. The number of fused-ring (bicyclic) bond motifs is 3. The molecule has 0 unspecified atom stereocenters. The van der Waals surface area contributed by atoms with E-state index in [1.807, 2.05) is 6.92 Å². The molecule has 0 spiro atoms. The Morgan fingerprint density at radius 3 is 2.61 bits per heavy atom. The number of nitrogens with one attached hydrogen (secondary N) is 1. The van der Waals surface area contributed by atoms with E-state index in [4.69, 9.17) is 14.6 Å². The van der Waals surface area contributed by atoms with Crippen molar-refractivity contribution in [3.8, 4) is 5.88 Å². The Hall–Kier alpha value is -2.43. The van der Waals surface area contributed by atoms with Gasteiger partial charge in [0.1, 0.15) is 17.1 Å². The average molecular weight is 446 g/mol. The summed E-state index contributed by atoms with van der Waals surface area (Å²) in [5, 5.41) is 13.1. The molecule has 166 valence electrons. The van der Waals surface area contributed by atoms with Crippen LogP contribution in [0.15, 0.2) is 21.5 Å². The number of nitrogens with two attached hydrogens (primary N) is 1. The number of carbonyl (C=O) groups is 1. The van der Waals surface area contributed by atoms with Crippen molar-refractivity contribution in [1.29, 1.82) is 0 Å². The predicted molar refractivity (Wildman–Crippen MR) is 116 cm³/mol. The van der Waals surface area contributed by atoms with Crippen molar-refractivity contribution in [3.63, 3.8) is 0 Å². The van der Waals surface area contributed by atoms with Crippen LogP contribution in [0, 0.1) is 0 Å². The minimum absolute atomic E-state index is 0.115. The van der Waals surface area contributed by atoms with Gasteiger partial charge in [-0.05, 0) is 67.7 Å². The molecule has 2 aromatic rings. The van der Waals surface area contributed by atoms with Gasteiger partial charge in [-0.1, -0.05) is 6.07 Å². The fourth-order valence-corrected chi connectivity index (χ4v) is 5.80. The maximum absolute atomic E-state index is 13.2. The third kappa shape index (κ3) is 3.52. The summed E-state index contributed by atoms with van der Waals surface area (Å²) in [7, 11) is -1.94. The van der Waals surface area contributed by atoms with Crippen molar-refractivity contribution in [2.45, 2.75) is 62.5 Å². The average Bonchev–Trinajstić information content (AvgIpc) is 3.46. The van der Waals surface area contributed by atoms with Gasteiger partial charge in [-0.3, -0.25) is 0 Å². The number of anilines is 1. The van der Waals surface area contributed by atoms with E-state index in [9.17, 15) is 9.00 Å². The number of nitrogens with zero attached hydrogens (tertiary/aromatic N) is 3. The highest BCUT2D eigenvalue weighted by Gasteiger charge is 2.35. The van der Waals surface area contributed by atoms with E-state index < -0.39 is 21.5 Å². The molecule has 3 aliphatic rings. The van der Waals surface area contributed by atoms with Crippen molar-refractivity contribution in [2.75, 3.05) is 19.0 Å². The van der Waals surface area contributed by atoms with Crippen LogP contribution in [0.3, 0.4) is 0 Å². The molecule has 0 saturated heterocycles. The van der Waals surface area contributed by atoms with Crippen molar-refractivity contribution in [3.05, 3.63) is 34.5 Å². The van der Waals surface area contributed by atoms with Crippen LogP contribution in [0.2, 0.25) is 0 Å². The van der Waals surface area contributed by atoms with Gasteiger partial charge in [0, 0.05) is 12.8 Å². The summed E-state index contributed by atoms with van der Waals surface area (Å²) < 4.78 is 29.8. The topological polar surface area (TPSA) is 121 Å². The zero-order chi connectivity index (χ0) is 21.8. The van der Waals surface area contributed by atoms with E-state index in [2.05, 4.69) is 20.8 Å². The maximum atomic E-state index is 13.2. The first-order chi connectivity index (χ1) is 14.8. The Morgan fingerprint density at radius 1 is 1.29 bits per heavy atom. The van der Waals surface area contributed by atoms with Gasteiger partial charge in [0.05, 0.1) is 12.7 Å². The molecule has 2 atom stereocenters. The molecule has 2 aliphatic carbocycles. The first kappa shape index (κ1) is 20.5. The van der Waals surface area contributed by atoms with Crippen LogP contribution < -0.4 is 15.2 Å². The molecule has 31 heavy (non-hydrogen) atoms. The molecule has 2 heterocycles. The van der Waals surface area contributed by atoms with Crippen LogP contribution in [-0.4, -0.2) is 39.3 Å². The number of amides is 2. The Labute approximate surface area is 181 Å². The second-order valence-electron chi connectivity index (χ2n) is 8.74. The van der Waals surface area contributed by atoms with Crippen molar-refractivity contribution < 1.29 is 18.5 Å². The highest BCUT2D eigenvalue weighted by molar-refractivity contribution is 7.91. The largest absolute Gasteiger partial charge is 0.474 e. The van der Waals surface area contributed by atoms with Gasteiger partial charge in [0.25, 0.3) is 0 Å². The van der Waals surface area contributed by atoms with Gasteiger partial charge < -0.3 is 14.8 Å². The first-order valence-corrected chi connectivity index (χ1v) is 12.1. The van der Waals surface area contributed by atoms with Crippen molar-refractivity contribution >= 4 is 21.6 Å². The van der Waals surface area contributed by atoms with E-state index in [0.29, 0.717) is 6.54 Å². The Morgan fingerprint density at radius 2 is 1.97 bits per heavy atom. The van der Waals surface area contributed by atoms with Crippen LogP contribution in [0.5, 0.6) is 5.88 Å². The highest BCUT2D eigenvalue weighted by Crippen LogP contribution is 2.39. The van der Waals surface area contributed by atoms with Gasteiger partial charge in [0.15, 0.2) is 9.92 Å². The van der Waals surface area contributed by atoms with Gasteiger partial charge in [-0.25, -0.2) is 18.8 Å². The zero-order valence-corrected chi connectivity index (χ0v) is 18.6. The standard InChI is InChI=1S/C21H27N5O4S/c1-21(29-2)11-26-19(30-12-21)17(10-23-26)31(22,28)25-20(27)24-18-15-7-3-5-13(15)9-14-6-4-8-16(14)18/h9-10H,3-8,11-12H2,1-2H3,(H3,22,24,25,27,28)/t21-,31+/m0/s1. The molecular weight excluding hydrogens is 418 g/mol. The lowest BCUT2D eigenvalue weighted by Gasteiger charge is -2.32. The van der Waals surface area contributed by atoms with Crippen LogP contribution in [0.1, 0.15) is 42.0 Å². The summed E-state index contributed by atoms with van der Waals surface area (Å²) in [6.07, 6.45) is 7.41. The predicted octanol–water partition coefficient (Wildman–Crippen LogP) is 2.59. The number of aromatic nitrogens is 2. The molecular formula is C21H27N5O4S. The number of methoxy groups -OCH3 is 1. The third-order valence-corrected chi connectivity index (χ3v) is 7.84. The van der Waals surface area contributed by atoms with Crippen LogP contribution >= 0.6 is 0 Å². The molecule has 10 heteroatoms. The SMILES string of the molecule is CO[C@]1(C)COc2c([S@](N)(=O)=NC(=O)Nc3c4c(cc5c3CCC5)CCC4)cnn2C1. The molecule has 3 N–H and O–H groups in total. The number of ether oxygens (including phenoxy) is 2. The summed E-state index contributed by atoms with van der Waals surface area (Å²) in [6, 6.07) is 1.58. The quantitative estimate of drug-likeness (QED) is 0.752. The normalized spacial score (nSPS) is 23.3. The molecule has 0 radical (unpaired) electrons. The minimum atomic E-state index is -3.54. The van der Waals surface area contributed by atoms with E-state index in [1.165, 1.54) is 28.5 Å². The summed E-state index contributed by atoms with van der Waals surface area (Å²) in [6.45, 7) is 2.57. The molecule has 0 bridgehead atoms. The smallest absolute Gasteiger partial charge is 0.354 e. The number of rotatable bonds is 3. The molecule has 1 aliphatic heterocycles. The number of aryl methyl sites for hydroxylation is 2. The lowest BCUT2D eigenvalue weighted by atomic mass is 9.99. The lowest BCUT2D eigenvalue weighted by Crippen LogP contribution is -2.43. The summed E-state index contributed by atoms with van der Waals surface area (Å²) in [5.74, 6) is 0.264. The Kier molecular flexibility index (Phi) is 4.83. The van der Waals surface area contributed by atoms with Crippen LogP contribution in [-0.2, 0) is 46.9 Å². The van der Waals surface area contributed by atoms with E-state index >= 15 is 0 Å². The fraction of sp³-hybridized carbons (Fsp3) is 0.524. The zero-order valence-electron chi connectivity index (χ0n) is 17.8. The van der Waals surface area contributed by atoms with Crippen LogP contribution in [0.4, 0.5) is 10.5 Å². The molecule has 0 fully saturated rings. The second kappa shape index (κ2) is 7.32. The molecule has 0 saturated carbocycles. The Bertz CT molecular complexity index is 1160. The second-order valence-corrected chi connectivity index (χ2v) is 10.5. The number of carbonyl (C=O) groups excluding carboxylic acids is 1. The minimum Gasteiger partial charge on any atom is -0.474 e. The number of hydrogen-bond acceptors (Lipinski definition) is 5. The number of urea groups is 1. The summed E-state index contributed by atoms with van der Waals surface area (Å²) >= 11 is 0.